The predicted octanol–water partition coefficient (Wildman–Crippen LogP) is 4.37. The molecule has 88 valence electrons. The maximum absolute atomic E-state index is 11.5. The van der Waals surface area contributed by atoms with Crippen molar-refractivity contribution in [3.63, 3.8) is 0 Å². The summed E-state index contributed by atoms with van der Waals surface area (Å²) in [7, 11) is 0. The molecule has 0 radical (unpaired) electrons. The van der Waals surface area contributed by atoms with Gasteiger partial charge in [-0.15, -0.1) is 0 Å². The molecule has 0 N–H and O–H groups in total. The van der Waals surface area contributed by atoms with Crippen LogP contribution in [0.5, 0.6) is 0 Å². The SMILES string of the molecule is CC/C(C)=C/CCC(C)CC(=O)C(C)C. The lowest BCUT2D eigenvalue weighted by Gasteiger charge is -2.11. The van der Waals surface area contributed by atoms with Crippen molar-refractivity contribution in [3.8, 4) is 0 Å². The van der Waals surface area contributed by atoms with Crippen molar-refractivity contribution in [3.05, 3.63) is 11.6 Å². The van der Waals surface area contributed by atoms with Crippen molar-refractivity contribution < 1.29 is 4.79 Å². The first kappa shape index (κ1) is 14.4. The Kier molecular flexibility index (Phi) is 7.37. The van der Waals surface area contributed by atoms with Gasteiger partial charge in [-0.2, -0.15) is 0 Å². The van der Waals surface area contributed by atoms with E-state index >= 15 is 0 Å². The third kappa shape index (κ3) is 7.35. The molecule has 0 bridgehead atoms. The number of Topliss-reactive ketones (excluding diaryl/α,β-unsaturated/α-hetero) is 1. The maximum Gasteiger partial charge on any atom is 0.135 e. The van der Waals surface area contributed by atoms with Crippen LogP contribution in [0.25, 0.3) is 0 Å². The van der Waals surface area contributed by atoms with E-state index in [2.05, 4.69) is 26.8 Å². The summed E-state index contributed by atoms with van der Waals surface area (Å²) in [6.45, 7) is 10.5. The molecule has 0 aliphatic heterocycles. The summed E-state index contributed by atoms with van der Waals surface area (Å²) < 4.78 is 0. The number of carbonyl (C=O) groups is 1. The highest BCUT2D eigenvalue weighted by Crippen LogP contribution is 2.15. The van der Waals surface area contributed by atoms with Gasteiger partial charge >= 0.3 is 0 Å². The Morgan fingerprint density at radius 1 is 1.27 bits per heavy atom. The van der Waals surface area contributed by atoms with Gasteiger partial charge in [-0.25, -0.2) is 0 Å². The Hall–Kier alpha value is -0.590. The zero-order valence-electron chi connectivity index (χ0n) is 11.0. The minimum absolute atomic E-state index is 0.195. The van der Waals surface area contributed by atoms with Crippen LogP contribution < -0.4 is 0 Å². The molecule has 15 heavy (non-hydrogen) atoms. The van der Waals surface area contributed by atoms with Gasteiger partial charge in [-0.1, -0.05) is 39.3 Å². The summed E-state index contributed by atoms with van der Waals surface area (Å²) in [4.78, 5) is 11.5. The monoisotopic (exact) mass is 210 g/mol. The van der Waals surface area contributed by atoms with Crippen molar-refractivity contribution in [1.29, 1.82) is 0 Å². The third-order valence-electron chi connectivity index (χ3n) is 2.90. The number of ketones is 1. The lowest BCUT2D eigenvalue weighted by Crippen LogP contribution is -2.11. The van der Waals surface area contributed by atoms with Gasteiger partial charge in [-0.3, -0.25) is 4.79 Å². The second-order valence-corrected chi connectivity index (χ2v) is 4.91. The number of carbonyl (C=O) groups excluding carboxylic acids is 1. The van der Waals surface area contributed by atoms with Crippen LogP contribution >= 0.6 is 0 Å². The summed E-state index contributed by atoms with van der Waals surface area (Å²) in [6.07, 6.45) is 6.44. The molecule has 1 unspecified atom stereocenters. The first-order valence-electron chi connectivity index (χ1n) is 6.15. The predicted molar refractivity (Wildman–Crippen MR) is 66.9 cm³/mol. The standard InChI is InChI=1S/C14H26O/c1-6-12(4)8-7-9-13(5)10-14(15)11(2)3/h8,11,13H,6-7,9-10H2,1-5H3/b12-8+. The van der Waals surface area contributed by atoms with Crippen LogP contribution in [0.2, 0.25) is 0 Å². The Morgan fingerprint density at radius 2 is 1.87 bits per heavy atom. The van der Waals surface area contributed by atoms with Crippen molar-refractivity contribution in [2.45, 2.75) is 60.3 Å². The first-order chi connectivity index (χ1) is 6.97. The summed E-state index contributed by atoms with van der Waals surface area (Å²) in [6, 6.07) is 0. The van der Waals surface area contributed by atoms with Gasteiger partial charge in [0, 0.05) is 12.3 Å². The summed E-state index contributed by atoms with van der Waals surface area (Å²) >= 11 is 0. The van der Waals surface area contributed by atoms with Gasteiger partial charge in [0.1, 0.15) is 5.78 Å². The number of rotatable bonds is 7. The van der Waals surface area contributed by atoms with Gasteiger partial charge < -0.3 is 0 Å². The Bertz CT molecular complexity index is 213. The lowest BCUT2D eigenvalue weighted by atomic mass is 9.94. The fourth-order valence-corrected chi connectivity index (χ4v) is 1.44. The topological polar surface area (TPSA) is 17.1 Å². The molecular weight excluding hydrogens is 184 g/mol. The van der Waals surface area contributed by atoms with Crippen LogP contribution in [-0.2, 0) is 4.79 Å². The number of hydrogen-bond donors (Lipinski definition) is 0. The van der Waals surface area contributed by atoms with Crippen LogP contribution in [0.3, 0.4) is 0 Å². The van der Waals surface area contributed by atoms with Gasteiger partial charge in [-0.05, 0) is 32.1 Å². The molecule has 0 heterocycles. The zero-order chi connectivity index (χ0) is 11.8. The second kappa shape index (κ2) is 7.67. The Labute approximate surface area is 95.0 Å². The molecule has 1 atom stereocenters. The van der Waals surface area contributed by atoms with Gasteiger partial charge in [0.25, 0.3) is 0 Å². The summed E-state index contributed by atoms with van der Waals surface area (Å²) in [5.41, 5.74) is 1.46. The molecule has 0 aromatic carbocycles. The average Bonchev–Trinajstić information content (AvgIpc) is 2.17. The van der Waals surface area contributed by atoms with E-state index in [4.69, 9.17) is 0 Å². The molecule has 0 aromatic rings. The van der Waals surface area contributed by atoms with Crippen LogP contribution in [0, 0.1) is 11.8 Å². The average molecular weight is 210 g/mol. The highest BCUT2D eigenvalue weighted by atomic mass is 16.1. The molecule has 0 aliphatic rings. The van der Waals surface area contributed by atoms with Gasteiger partial charge in [0.2, 0.25) is 0 Å². The summed E-state index contributed by atoms with van der Waals surface area (Å²) in [5, 5.41) is 0. The molecular formula is C14H26O. The number of allylic oxidation sites excluding steroid dienone is 2. The van der Waals surface area contributed by atoms with Gasteiger partial charge in [0.15, 0.2) is 0 Å². The van der Waals surface area contributed by atoms with Crippen molar-refractivity contribution in [2.24, 2.45) is 11.8 Å². The molecule has 0 aromatic heterocycles. The molecule has 1 nitrogen and oxygen atoms in total. The van der Waals surface area contributed by atoms with E-state index in [0.29, 0.717) is 11.7 Å². The molecule has 0 aliphatic carbocycles. The third-order valence-corrected chi connectivity index (χ3v) is 2.90. The van der Waals surface area contributed by atoms with E-state index in [0.717, 1.165) is 25.7 Å². The van der Waals surface area contributed by atoms with E-state index in [1.54, 1.807) is 0 Å². The van der Waals surface area contributed by atoms with E-state index in [9.17, 15) is 4.79 Å². The van der Waals surface area contributed by atoms with Crippen LogP contribution in [0.15, 0.2) is 11.6 Å². The maximum atomic E-state index is 11.5. The van der Waals surface area contributed by atoms with E-state index in [1.807, 2.05) is 13.8 Å². The Balaban J connectivity index is 3.76. The highest BCUT2D eigenvalue weighted by molar-refractivity contribution is 5.80. The van der Waals surface area contributed by atoms with Crippen LogP contribution in [0.4, 0.5) is 0 Å². The van der Waals surface area contributed by atoms with Crippen molar-refractivity contribution in [2.75, 3.05) is 0 Å². The van der Waals surface area contributed by atoms with Crippen LogP contribution in [-0.4, -0.2) is 5.78 Å². The minimum atomic E-state index is 0.195. The minimum Gasteiger partial charge on any atom is -0.299 e. The molecule has 0 saturated carbocycles. The lowest BCUT2D eigenvalue weighted by molar-refractivity contribution is -0.122. The highest BCUT2D eigenvalue weighted by Gasteiger charge is 2.11. The fourth-order valence-electron chi connectivity index (χ4n) is 1.44. The molecule has 0 rings (SSSR count). The Morgan fingerprint density at radius 3 is 2.33 bits per heavy atom. The molecule has 0 amide bonds. The first-order valence-corrected chi connectivity index (χ1v) is 6.15. The zero-order valence-corrected chi connectivity index (χ0v) is 11.0. The molecule has 1 heteroatoms. The van der Waals surface area contributed by atoms with E-state index in [1.165, 1.54) is 5.57 Å². The fraction of sp³-hybridized carbons (Fsp3) is 0.786. The molecule has 0 fully saturated rings. The van der Waals surface area contributed by atoms with Crippen molar-refractivity contribution >= 4 is 5.78 Å². The summed E-state index contributed by atoms with van der Waals surface area (Å²) in [5.74, 6) is 1.12. The van der Waals surface area contributed by atoms with Gasteiger partial charge in [0.05, 0.1) is 0 Å². The largest absolute Gasteiger partial charge is 0.299 e. The van der Waals surface area contributed by atoms with Crippen LogP contribution in [0.1, 0.15) is 60.3 Å². The smallest absolute Gasteiger partial charge is 0.135 e. The van der Waals surface area contributed by atoms with E-state index < -0.39 is 0 Å². The van der Waals surface area contributed by atoms with Crippen molar-refractivity contribution in [1.82, 2.24) is 0 Å². The normalized spacial score (nSPS) is 14.4. The second-order valence-electron chi connectivity index (χ2n) is 4.91. The van der Waals surface area contributed by atoms with E-state index in [-0.39, 0.29) is 5.92 Å². The molecule has 0 saturated heterocycles. The quantitative estimate of drug-likeness (QED) is 0.570. The number of hydrogen-bond acceptors (Lipinski definition) is 1. The molecule has 0 spiro atoms.